The van der Waals surface area contributed by atoms with Gasteiger partial charge in [-0.2, -0.15) is 0 Å². The van der Waals surface area contributed by atoms with Crippen molar-refractivity contribution in [3.05, 3.63) is 29.8 Å². The molecular formula is C18H22N2O6S. The number of cyclic esters (lactones) is 1. The van der Waals surface area contributed by atoms with Crippen molar-refractivity contribution in [1.82, 2.24) is 5.48 Å². The number of carbonyl (C=O) groups is 2. The van der Waals surface area contributed by atoms with E-state index in [1.165, 1.54) is 17.3 Å². The molecule has 2 rings (SSSR count). The minimum atomic E-state index is -3.87. The van der Waals surface area contributed by atoms with Crippen LogP contribution in [-0.4, -0.2) is 49.3 Å². The third-order valence-corrected chi connectivity index (χ3v) is 6.47. The fraction of sp³-hybridized carbons (Fsp3) is 0.444. The zero-order valence-corrected chi connectivity index (χ0v) is 16.2. The Labute approximate surface area is 158 Å². The fourth-order valence-electron chi connectivity index (χ4n) is 2.72. The first-order chi connectivity index (χ1) is 12.6. The molecule has 1 saturated heterocycles. The summed E-state index contributed by atoms with van der Waals surface area (Å²) in [7, 11) is -3.87. The van der Waals surface area contributed by atoms with Gasteiger partial charge in [0.05, 0.1) is 6.54 Å². The average Bonchev–Trinajstić information content (AvgIpc) is 2.98. The number of sulfone groups is 1. The first-order valence-corrected chi connectivity index (χ1v) is 10.2. The number of nitrogens with zero attached hydrogens (tertiary/aromatic N) is 1. The predicted octanol–water partition coefficient (Wildman–Crippen LogP) is 1.47. The minimum Gasteiger partial charge on any atom is -0.444 e. The van der Waals surface area contributed by atoms with Gasteiger partial charge in [-0.05, 0) is 31.2 Å². The van der Waals surface area contributed by atoms with Crippen LogP contribution in [-0.2, 0) is 19.4 Å². The molecule has 2 amide bonds. The number of hydrogen-bond donors (Lipinski definition) is 2. The third kappa shape index (κ3) is 4.40. The van der Waals surface area contributed by atoms with Crippen LogP contribution in [0, 0.1) is 11.8 Å². The summed E-state index contributed by atoms with van der Waals surface area (Å²) in [4.78, 5) is 25.5. The Morgan fingerprint density at radius 1 is 1.41 bits per heavy atom. The average molecular weight is 394 g/mol. The van der Waals surface area contributed by atoms with Gasteiger partial charge >= 0.3 is 6.09 Å². The Morgan fingerprint density at radius 3 is 2.56 bits per heavy atom. The number of rotatable bonds is 5. The van der Waals surface area contributed by atoms with Gasteiger partial charge in [0.1, 0.15) is 6.10 Å². The monoisotopic (exact) mass is 394 g/mol. The maximum Gasteiger partial charge on any atom is 0.414 e. The van der Waals surface area contributed by atoms with Crippen molar-refractivity contribution >= 4 is 27.5 Å². The van der Waals surface area contributed by atoms with E-state index in [0.29, 0.717) is 5.69 Å². The lowest BCUT2D eigenvalue weighted by molar-refractivity contribution is -0.132. The number of amides is 2. The quantitative estimate of drug-likeness (QED) is 0.444. The van der Waals surface area contributed by atoms with Crippen LogP contribution in [0.25, 0.3) is 0 Å². The first-order valence-electron chi connectivity index (χ1n) is 8.33. The van der Waals surface area contributed by atoms with E-state index in [-0.39, 0.29) is 13.0 Å². The first kappa shape index (κ1) is 20.7. The van der Waals surface area contributed by atoms with E-state index in [1.54, 1.807) is 24.3 Å². The topological polar surface area (TPSA) is 113 Å². The molecule has 146 valence electrons. The Hall–Kier alpha value is -2.57. The van der Waals surface area contributed by atoms with E-state index in [0.717, 1.165) is 18.2 Å². The van der Waals surface area contributed by atoms with Crippen molar-refractivity contribution in [2.75, 3.05) is 17.7 Å². The predicted molar refractivity (Wildman–Crippen MR) is 99.0 cm³/mol. The molecule has 8 nitrogen and oxygen atoms in total. The molecule has 27 heavy (non-hydrogen) atoms. The summed E-state index contributed by atoms with van der Waals surface area (Å²) in [5.74, 6) is 4.86. The van der Waals surface area contributed by atoms with Gasteiger partial charge < -0.3 is 4.74 Å². The lowest BCUT2D eigenvalue weighted by Gasteiger charge is -2.26. The molecule has 1 aromatic carbocycles. The molecule has 0 aliphatic carbocycles. The van der Waals surface area contributed by atoms with Crippen molar-refractivity contribution < 1.29 is 28.0 Å². The van der Waals surface area contributed by atoms with Gasteiger partial charge in [0, 0.05) is 30.3 Å². The Morgan fingerprint density at radius 2 is 2.04 bits per heavy atom. The summed E-state index contributed by atoms with van der Waals surface area (Å²) in [6.45, 7) is 3.22. The van der Waals surface area contributed by atoms with Crippen LogP contribution in [0.15, 0.2) is 24.3 Å². The summed E-state index contributed by atoms with van der Waals surface area (Å²) in [6.07, 6.45) is -0.0998. The summed E-state index contributed by atoms with van der Waals surface area (Å²) in [5.41, 5.74) is 2.77. The largest absolute Gasteiger partial charge is 0.444 e. The molecule has 2 N–H and O–H groups in total. The van der Waals surface area contributed by atoms with Crippen molar-refractivity contribution in [3.63, 3.8) is 0 Å². The SMILES string of the molecule is CCC#Cc1ccc(N2C[C@H](C[C@](C)(C(=O)NO)S(C)(=O)=O)OC2=O)cc1. The highest BCUT2D eigenvalue weighted by atomic mass is 32.2. The Bertz CT molecular complexity index is 885. The van der Waals surface area contributed by atoms with Gasteiger partial charge in [-0.15, -0.1) is 0 Å². The molecule has 0 aromatic heterocycles. The highest BCUT2D eigenvalue weighted by Crippen LogP contribution is 2.30. The normalized spacial score (nSPS) is 18.9. The molecule has 0 bridgehead atoms. The van der Waals surface area contributed by atoms with Gasteiger partial charge in [0.25, 0.3) is 5.91 Å². The second kappa shape index (κ2) is 7.98. The number of ether oxygens (including phenoxy) is 1. The standard InChI is InChI=1S/C18H22N2O6S/c1-4-5-6-13-7-9-14(10-8-13)20-12-15(26-17(20)22)11-18(2,16(21)19-23)27(3,24)25/h7-10,15,23H,4,11-12H2,1-3H3,(H,19,21)/t15-,18+/m0/s1. The molecule has 1 heterocycles. The molecule has 0 spiro atoms. The van der Waals surface area contributed by atoms with E-state index in [2.05, 4.69) is 11.8 Å². The number of hydroxylamine groups is 1. The molecule has 1 aromatic rings. The maximum atomic E-state index is 12.2. The van der Waals surface area contributed by atoms with E-state index in [4.69, 9.17) is 9.94 Å². The number of carbonyl (C=O) groups excluding carboxylic acids is 2. The van der Waals surface area contributed by atoms with Gasteiger partial charge in [0.2, 0.25) is 0 Å². The number of benzene rings is 1. The third-order valence-electron chi connectivity index (χ3n) is 4.48. The van der Waals surface area contributed by atoms with Crippen LogP contribution in [0.3, 0.4) is 0 Å². The number of nitrogens with one attached hydrogen (secondary N) is 1. The van der Waals surface area contributed by atoms with E-state index < -0.39 is 32.7 Å². The van der Waals surface area contributed by atoms with Gasteiger partial charge in [-0.1, -0.05) is 18.8 Å². The number of hydrogen-bond acceptors (Lipinski definition) is 6. The van der Waals surface area contributed by atoms with Crippen molar-refractivity contribution in [3.8, 4) is 11.8 Å². The van der Waals surface area contributed by atoms with Crippen molar-refractivity contribution in [2.24, 2.45) is 0 Å². The molecule has 2 atom stereocenters. The molecule has 0 unspecified atom stereocenters. The number of anilines is 1. The summed E-state index contributed by atoms with van der Waals surface area (Å²) < 4.78 is 27.4. The molecule has 0 radical (unpaired) electrons. The highest BCUT2D eigenvalue weighted by Gasteiger charge is 2.48. The van der Waals surface area contributed by atoms with Crippen molar-refractivity contribution in [2.45, 2.75) is 37.5 Å². The highest BCUT2D eigenvalue weighted by molar-refractivity contribution is 7.92. The smallest absolute Gasteiger partial charge is 0.414 e. The molecule has 9 heteroatoms. The van der Waals surface area contributed by atoms with E-state index >= 15 is 0 Å². The molecule has 0 saturated carbocycles. The van der Waals surface area contributed by atoms with Crippen molar-refractivity contribution in [1.29, 1.82) is 0 Å². The second-order valence-electron chi connectivity index (χ2n) is 6.47. The Balaban J connectivity index is 2.18. The maximum absolute atomic E-state index is 12.2. The summed E-state index contributed by atoms with van der Waals surface area (Å²) >= 11 is 0. The summed E-state index contributed by atoms with van der Waals surface area (Å²) in [5, 5.41) is 8.88. The zero-order chi connectivity index (χ0) is 20.2. The van der Waals surface area contributed by atoms with Crippen LogP contribution in [0.2, 0.25) is 0 Å². The Kier molecular flexibility index (Phi) is 6.13. The zero-order valence-electron chi connectivity index (χ0n) is 15.4. The van der Waals surface area contributed by atoms with Gasteiger partial charge in [-0.3, -0.25) is 14.9 Å². The second-order valence-corrected chi connectivity index (χ2v) is 8.91. The van der Waals surface area contributed by atoms with Crippen LogP contribution in [0.5, 0.6) is 0 Å². The minimum absolute atomic E-state index is 0.0859. The molecule has 1 aliphatic rings. The van der Waals surface area contributed by atoms with Gasteiger partial charge in [-0.25, -0.2) is 18.7 Å². The van der Waals surface area contributed by atoms with Crippen LogP contribution < -0.4 is 10.4 Å². The molecule has 1 aliphatic heterocycles. The van der Waals surface area contributed by atoms with Crippen LogP contribution in [0.4, 0.5) is 10.5 Å². The van der Waals surface area contributed by atoms with Crippen LogP contribution >= 0.6 is 0 Å². The molecular weight excluding hydrogens is 372 g/mol. The molecule has 1 fully saturated rings. The fourth-order valence-corrected chi connectivity index (χ4v) is 3.59. The van der Waals surface area contributed by atoms with Crippen LogP contribution in [0.1, 0.15) is 32.3 Å². The summed E-state index contributed by atoms with van der Waals surface area (Å²) in [6, 6.07) is 7.00. The lowest BCUT2D eigenvalue weighted by atomic mass is 10.0. The van der Waals surface area contributed by atoms with E-state index in [1.807, 2.05) is 6.92 Å². The van der Waals surface area contributed by atoms with Gasteiger partial charge in [0.15, 0.2) is 14.6 Å². The lowest BCUT2D eigenvalue weighted by Crippen LogP contribution is -2.51. The van der Waals surface area contributed by atoms with E-state index in [9.17, 15) is 18.0 Å².